The SMILES string of the molecule is COC(c1ccccc1)c1nc(C)cc(CCN)n1. The van der Waals surface area contributed by atoms with Gasteiger partial charge in [0.2, 0.25) is 0 Å². The van der Waals surface area contributed by atoms with Gasteiger partial charge in [0, 0.05) is 24.9 Å². The van der Waals surface area contributed by atoms with Gasteiger partial charge >= 0.3 is 0 Å². The number of aryl methyl sites for hydroxylation is 1. The largest absolute Gasteiger partial charge is 0.369 e. The molecule has 1 atom stereocenters. The molecule has 0 saturated heterocycles. The Bertz CT molecular complexity index is 528. The molecule has 19 heavy (non-hydrogen) atoms. The molecule has 0 saturated carbocycles. The zero-order valence-corrected chi connectivity index (χ0v) is 11.3. The van der Waals surface area contributed by atoms with Crippen molar-refractivity contribution in [2.75, 3.05) is 13.7 Å². The number of rotatable bonds is 5. The van der Waals surface area contributed by atoms with E-state index in [1.165, 1.54) is 0 Å². The molecule has 0 radical (unpaired) electrons. The van der Waals surface area contributed by atoms with Crippen LogP contribution in [0.4, 0.5) is 0 Å². The molecule has 1 aromatic heterocycles. The Balaban J connectivity index is 2.38. The first kappa shape index (κ1) is 13.6. The molecule has 0 spiro atoms. The molecule has 2 rings (SSSR count). The van der Waals surface area contributed by atoms with E-state index in [1.54, 1.807) is 7.11 Å². The van der Waals surface area contributed by atoms with Crippen molar-refractivity contribution in [3.05, 3.63) is 59.2 Å². The van der Waals surface area contributed by atoms with Crippen molar-refractivity contribution in [2.24, 2.45) is 5.73 Å². The van der Waals surface area contributed by atoms with Gasteiger partial charge in [0.15, 0.2) is 5.82 Å². The molecule has 2 N–H and O–H groups in total. The van der Waals surface area contributed by atoms with E-state index in [-0.39, 0.29) is 6.10 Å². The lowest BCUT2D eigenvalue weighted by atomic mass is 10.1. The van der Waals surface area contributed by atoms with Crippen molar-refractivity contribution in [1.82, 2.24) is 9.97 Å². The van der Waals surface area contributed by atoms with Crippen molar-refractivity contribution in [3.63, 3.8) is 0 Å². The second kappa shape index (κ2) is 6.41. The monoisotopic (exact) mass is 257 g/mol. The molecule has 0 aliphatic carbocycles. The van der Waals surface area contributed by atoms with Crippen LogP contribution in [0.5, 0.6) is 0 Å². The summed E-state index contributed by atoms with van der Waals surface area (Å²) in [7, 11) is 1.67. The molecule has 1 unspecified atom stereocenters. The fourth-order valence-electron chi connectivity index (χ4n) is 2.07. The number of hydrogen-bond acceptors (Lipinski definition) is 4. The van der Waals surface area contributed by atoms with Crippen molar-refractivity contribution < 1.29 is 4.74 Å². The van der Waals surface area contributed by atoms with Crippen LogP contribution in [0, 0.1) is 6.92 Å². The molecule has 0 bridgehead atoms. The minimum atomic E-state index is -0.238. The molecule has 0 aliphatic heterocycles. The van der Waals surface area contributed by atoms with Crippen molar-refractivity contribution in [2.45, 2.75) is 19.4 Å². The highest BCUT2D eigenvalue weighted by Crippen LogP contribution is 2.22. The summed E-state index contributed by atoms with van der Waals surface area (Å²) >= 11 is 0. The number of hydrogen-bond donors (Lipinski definition) is 1. The molecule has 0 aliphatic rings. The number of ether oxygens (including phenoxy) is 1. The maximum atomic E-state index is 5.59. The standard InChI is InChI=1S/C15H19N3O/c1-11-10-13(8-9-16)18-15(17-11)14(19-2)12-6-4-3-5-7-12/h3-7,10,14H,8-9,16H2,1-2H3. The van der Waals surface area contributed by atoms with Gasteiger partial charge in [-0.15, -0.1) is 0 Å². The van der Waals surface area contributed by atoms with Crippen LogP contribution >= 0.6 is 0 Å². The molecule has 2 aromatic rings. The first-order valence-corrected chi connectivity index (χ1v) is 6.37. The molecule has 4 nitrogen and oxygen atoms in total. The predicted octanol–water partition coefficient (Wildman–Crippen LogP) is 2.02. The van der Waals surface area contributed by atoms with Gasteiger partial charge in [-0.25, -0.2) is 9.97 Å². The number of methoxy groups -OCH3 is 1. The van der Waals surface area contributed by atoms with Crippen LogP contribution in [0.3, 0.4) is 0 Å². The van der Waals surface area contributed by atoms with Gasteiger partial charge in [-0.3, -0.25) is 0 Å². The van der Waals surface area contributed by atoms with E-state index < -0.39 is 0 Å². The van der Waals surface area contributed by atoms with Gasteiger partial charge in [0.05, 0.1) is 0 Å². The van der Waals surface area contributed by atoms with Crippen LogP contribution < -0.4 is 5.73 Å². The van der Waals surface area contributed by atoms with Crippen LogP contribution in [0.25, 0.3) is 0 Å². The Labute approximate surface area is 113 Å². The summed E-state index contributed by atoms with van der Waals surface area (Å²) < 4.78 is 5.55. The van der Waals surface area contributed by atoms with Crippen LogP contribution in [-0.4, -0.2) is 23.6 Å². The number of nitrogens with two attached hydrogens (primary N) is 1. The quantitative estimate of drug-likeness (QED) is 0.890. The average molecular weight is 257 g/mol. The Hall–Kier alpha value is -1.78. The lowest BCUT2D eigenvalue weighted by Gasteiger charge is -2.15. The zero-order chi connectivity index (χ0) is 13.7. The van der Waals surface area contributed by atoms with E-state index in [9.17, 15) is 0 Å². The first-order valence-electron chi connectivity index (χ1n) is 6.37. The maximum absolute atomic E-state index is 5.59. The van der Waals surface area contributed by atoms with E-state index in [1.807, 2.05) is 43.3 Å². The Morgan fingerprint density at radius 1 is 1.21 bits per heavy atom. The van der Waals surface area contributed by atoms with Crippen molar-refractivity contribution in [3.8, 4) is 0 Å². The van der Waals surface area contributed by atoms with Gasteiger partial charge in [-0.05, 0) is 25.1 Å². The summed E-state index contributed by atoms with van der Waals surface area (Å²) in [4.78, 5) is 9.04. The van der Waals surface area contributed by atoms with Crippen LogP contribution in [-0.2, 0) is 11.2 Å². The third-order valence-electron chi connectivity index (χ3n) is 2.90. The van der Waals surface area contributed by atoms with E-state index in [2.05, 4.69) is 9.97 Å². The average Bonchev–Trinajstić information content (AvgIpc) is 2.40. The molecular formula is C15H19N3O. The summed E-state index contributed by atoms with van der Waals surface area (Å²) in [5.74, 6) is 0.692. The van der Waals surface area contributed by atoms with Crippen LogP contribution in [0.1, 0.15) is 28.9 Å². The normalized spacial score (nSPS) is 12.4. The lowest BCUT2D eigenvalue weighted by molar-refractivity contribution is 0.128. The zero-order valence-electron chi connectivity index (χ0n) is 11.3. The third-order valence-corrected chi connectivity index (χ3v) is 2.90. The summed E-state index contributed by atoms with van der Waals surface area (Å²) in [5.41, 5.74) is 8.54. The highest BCUT2D eigenvalue weighted by molar-refractivity contribution is 5.24. The second-order valence-electron chi connectivity index (χ2n) is 4.42. The van der Waals surface area contributed by atoms with Gasteiger partial charge in [-0.1, -0.05) is 30.3 Å². The van der Waals surface area contributed by atoms with Crippen molar-refractivity contribution >= 4 is 0 Å². The lowest BCUT2D eigenvalue weighted by Crippen LogP contribution is -2.12. The van der Waals surface area contributed by atoms with Gasteiger partial charge in [0.25, 0.3) is 0 Å². The summed E-state index contributed by atoms with van der Waals surface area (Å²) in [6, 6.07) is 11.9. The highest BCUT2D eigenvalue weighted by Gasteiger charge is 2.17. The molecular weight excluding hydrogens is 238 g/mol. The second-order valence-corrected chi connectivity index (χ2v) is 4.42. The summed E-state index contributed by atoms with van der Waals surface area (Å²) in [5, 5.41) is 0. The Kier molecular flexibility index (Phi) is 4.60. The molecule has 0 fully saturated rings. The fourth-order valence-corrected chi connectivity index (χ4v) is 2.07. The summed E-state index contributed by atoms with van der Waals surface area (Å²) in [6.45, 7) is 2.54. The summed E-state index contributed by atoms with van der Waals surface area (Å²) in [6.07, 6.45) is 0.513. The third kappa shape index (κ3) is 3.36. The first-order chi connectivity index (χ1) is 9.24. The van der Waals surface area contributed by atoms with Crippen molar-refractivity contribution in [1.29, 1.82) is 0 Å². The number of nitrogens with zero attached hydrogens (tertiary/aromatic N) is 2. The maximum Gasteiger partial charge on any atom is 0.162 e. The Morgan fingerprint density at radius 2 is 1.95 bits per heavy atom. The minimum absolute atomic E-state index is 0.238. The molecule has 100 valence electrons. The molecule has 1 aromatic carbocycles. The highest BCUT2D eigenvalue weighted by atomic mass is 16.5. The molecule has 4 heteroatoms. The topological polar surface area (TPSA) is 61.0 Å². The van der Waals surface area contributed by atoms with E-state index >= 15 is 0 Å². The number of aromatic nitrogens is 2. The predicted molar refractivity (Wildman–Crippen MR) is 74.8 cm³/mol. The molecule has 0 amide bonds. The minimum Gasteiger partial charge on any atom is -0.369 e. The van der Waals surface area contributed by atoms with E-state index in [0.29, 0.717) is 12.4 Å². The number of benzene rings is 1. The molecule has 1 heterocycles. The Morgan fingerprint density at radius 3 is 2.58 bits per heavy atom. The van der Waals surface area contributed by atoms with Gasteiger partial charge in [-0.2, -0.15) is 0 Å². The van der Waals surface area contributed by atoms with Gasteiger partial charge in [0.1, 0.15) is 6.10 Å². The van der Waals surface area contributed by atoms with Crippen LogP contribution in [0.15, 0.2) is 36.4 Å². The van der Waals surface area contributed by atoms with E-state index in [4.69, 9.17) is 10.5 Å². The van der Waals surface area contributed by atoms with Crippen LogP contribution in [0.2, 0.25) is 0 Å². The smallest absolute Gasteiger partial charge is 0.162 e. The van der Waals surface area contributed by atoms with E-state index in [0.717, 1.165) is 23.4 Å². The fraction of sp³-hybridized carbons (Fsp3) is 0.333. The van der Waals surface area contributed by atoms with Gasteiger partial charge < -0.3 is 10.5 Å².